The van der Waals surface area contributed by atoms with E-state index in [4.69, 9.17) is 16.3 Å². The SMILES string of the molecule is CC(C)(C)OC(=O)NC1CCN(C(=O)[C@@H]2C[C@H]2c2cccc(Cl)c2)CC1. The highest BCUT2D eigenvalue weighted by Gasteiger charge is 2.46. The summed E-state index contributed by atoms with van der Waals surface area (Å²) in [5.74, 6) is 0.591. The Balaban J connectivity index is 1.45. The molecule has 1 aromatic carbocycles. The van der Waals surface area contributed by atoms with Crippen molar-refractivity contribution in [1.29, 1.82) is 0 Å². The summed E-state index contributed by atoms with van der Waals surface area (Å²) in [6, 6.07) is 7.85. The highest BCUT2D eigenvalue weighted by molar-refractivity contribution is 6.30. The molecule has 0 spiro atoms. The number of carbonyl (C=O) groups excluding carboxylic acids is 2. The second-order valence-electron chi connectivity index (χ2n) is 8.25. The van der Waals surface area contributed by atoms with Crippen LogP contribution in [0.4, 0.5) is 4.79 Å². The van der Waals surface area contributed by atoms with Crippen LogP contribution in [0.25, 0.3) is 0 Å². The highest BCUT2D eigenvalue weighted by Crippen LogP contribution is 2.49. The van der Waals surface area contributed by atoms with Gasteiger partial charge in [0.2, 0.25) is 5.91 Å². The Hall–Kier alpha value is -1.75. The van der Waals surface area contributed by atoms with E-state index >= 15 is 0 Å². The summed E-state index contributed by atoms with van der Waals surface area (Å²) in [5, 5.41) is 3.62. The molecular formula is C20H27ClN2O3. The monoisotopic (exact) mass is 378 g/mol. The lowest BCUT2D eigenvalue weighted by Crippen LogP contribution is -2.48. The van der Waals surface area contributed by atoms with Gasteiger partial charge in [-0.15, -0.1) is 0 Å². The zero-order valence-corrected chi connectivity index (χ0v) is 16.4. The predicted molar refractivity (Wildman–Crippen MR) is 101 cm³/mol. The van der Waals surface area contributed by atoms with Crippen molar-refractivity contribution in [2.24, 2.45) is 5.92 Å². The van der Waals surface area contributed by atoms with Gasteiger partial charge < -0.3 is 15.0 Å². The number of amides is 2. The molecule has 2 amide bonds. The fourth-order valence-corrected chi connectivity index (χ4v) is 3.73. The van der Waals surface area contributed by atoms with Gasteiger partial charge in [0.05, 0.1) is 0 Å². The summed E-state index contributed by atoms with van der Waals surface area (Å²) in [7, 11) is 0. The normalized spacial score (nSPS) is 23.5. The van der Waals surface area contributed by atoms with Gasteiger partial charge in [0.15, 0.2) is 0 Å². The summed E-state index contributed by atoms with van der Waals surface area (Å²) in [5.41, 5.74) is 0.652. The molecule has 2 fully saturated rings. The van der Waals surface area contributed by atoms with Gasteiger partial charge in [0, 0.05) is 30.1 Å². The maximum atomic E-state index is 12.7. The predicted octanol–water partition coefficient (Wildman–Crippen LogP) is 3.96. The molecular weight excluding hydrogens is 352 g/mol. The fourth-order valence-electron chi connectivity index (χ4n) is 3.53. The van der Waals surface area contributed by atoms with Gasteiger partial charge in [-0.1, -0.05) is 23.7 Å². The van der Waals surface area contributed by atoms with E-state index in [-0.39, 0.29) is 24.0 Å². The summed E-state index contributed by atoms with van der Waals surface area (Å²) >= 11 is 6.05. The van der Waals surface area contributed by atoms with Crippen molar-refractivity contribution in [3.05, 3.63) is 34.9 Å². The lowest BCUT2D eigenvalue weighted by Gasteiger charge is -2.33. The van der Waals surface area contributed by atoms with Crippen LogP contribution in [0.5, 0.6) is 0 Å². The molecule has 1 heterocycles. The van der Waals surface area contributed by atoms with Gasteiger partial charge in [0.25, 0.3) is 0 Å². The number of ether oxygens (including phenoxy) is 1. The van der Waals surface area contributed by atoms with E-state index in [0.717, 1.165) is 29.8 Å². The lowest BCUT2D eigenvalue weighted by atomic mass is 10.0. The second-order valence-corrected chi connectivity index (χ2v) is 8.69. The summed E-state index contributed by atoms with van der Waals surface area (Å²) < 4.78 is 5.29. The number of likely N-dealkylation sites (tertiary alicyclic amines) is 1. The minimum Gasteiger partial charge on any atom is -0.444 e. The molecule has 2 atom stereocenters. The number of benzene rings is 1. The van der Waals surface area contributed by atoms with Gasteiger partial charge in [-0.3, -0.25) is 4.79 Å². The third-order valence-corrected chi connectivity index (χ3v) is 5.15. The van der Waals surface area contributed by atoms with Crippen LogP contribution < -0.4 is 5.32 Å². The Morgan fingerprint density at radius 2 is 1.92 bits per heavy atom. The molecule has 0 aromatic heterocycles. The molecule has 1 saturated heterocycles. The summed E-state index contributed by atoms with van der Waals surface area (Å²) in [6.45, 7) is 6.90. The third kappa shape index (κ3) is 4.91. The third-order valence-electron chi connectivity index (χ3n) is 4.91. The smallest absolute Gasteiger partial charge is 0.407 e. The van der Waals surface area contributed by atoms with Gasteiger partial charge in [0.1, 0.15) is 5.60 Å². The van der Waals surface area contributed by atoms with Gasteiger partial charge in [-0.25, -0.2) is 4.79 Å². The molecule has 142 valence electrons. The molecule has 26 heavy (non-hydrogen) atoms. The minimum absolute atomic E-state index is 0.0665. The van der Waals surface area contributed by atoms with Crippen molar-refractivity contribution in [1.82, 2.24) is 10.2 Å². The zero-order chi connectivity index (χ0) is 18.9. The number of piperidine rings is 1. The molecule has 5 nitrogen and oxygen atoms in total. The Morgan fingerprint density at radius 3 is 2.54 bits per heavy atom. The number of halogens is 1. The number of nitrogens with one attached hydrogen (secondary N) is 1. The minimum atomic E-state index is -0.498. The van der Waals surface area contributed by atoms with E-state index in [0.29, 0.717) is 19.0 Å². The quantitative estimate of drug-likeness (QED) is 0.866. The van der Waals surface area contributed by atoms with Crippen LogP contribution in [-0.4, -0.2) is 41.6 Å². The molecule has 1 aromatic rings. The van der Waals surface area contributed by atoms with Gasteiger partial charge in [-0.05, 0) is 63.6 Å². The number of alkyl carbamates (subject to hydrolysis) is 1. The first-order valence-corrected chi connectivity index (χ1v) is 9.64. The van der Waals surface area contributed by atoms with Crippen molar-refractivity contribution < 1.29 is 14.3 Å². The topological polar surface area (TPSA) is 58.6 Å². The van der Waals surface area contributed by atoms with Crippen molar-refractivity contribution in [3.8, 4) is 0 Å². The molecule has 1 N–H and O–H groups in total. The summed E-state index contributed by atoms with van der Waals surface area (Å²) in [4.78, 5) is 26.5. The number of hydrogen-bond acceptors (Lipinski definition) is 3. The molecule has 3 rings (SSSR count). The molecule has 6 heteroatoms. The molecule has 1 aliphatic heterocycles. The molecule has 1 saturated carbocycles. The van der Waals surface area contributed by atoms with Crippen LogP contribution in [0.2, 0.25) is 5.02 Å². The second kappa shape index (κ2) is 7.47. The van der Waals surface area contributed by atoms with Gasteiger partial charge in [-0.2, -0.15) is 0 Å². The molecule has 2 aliphatic rings. The summed E-state index contributed by atoms with van der Waals surface area (Å²) in [6.07, 6.45) is 2.04. The molecule has 0 unspecified atom stereocenters. The van der Waals surface area contributed by atoms with E-state index in [2.05, 4.69) is 5.32 Å². The maximum Gasteiger partial charge on any atom is 0.407 e. The molecule has 1 aliphatic carbocycles. The Kier molecular flexibility index (Phi) is 5.47. The van der Waals surface area contributed by atoms with Crippen molar-refractivity contribution in [3.63, 3.8) is 0 Å². The number of nitrogens with zero attached hydrogens (tertiary/aromatic N) is 1. The first-order chi connectivity index (χ1) is 12.2. The first-order valence-electron chi connectivity index (χ1n) is 9.27. The zero-order valence-electron chi connectivity index (χ0n) is 15.6. The van der Waals surface area contributed by atoms with E-state index in [9.17, 15) is 9.59 Å². The Bertz CT molecular complexity index is 678. The van der Waals surface area contributed by atoms with Crippen LogP contribution in [0.15, 0.2) is 24.3 Å². The van der Waals surface area contributed by atoms with E-state index < -0.39 is 5.60 Å². The van der Waals surface area contributed by atoms with Crippen LogP contribution in [-0.2, 0) is 9.53 Å². The largest absolute Gasteiger partial charge is 0.444 e. The molecule has 0 bridgehead atoms. The number of carbonyl (C=O) groups is 2. The first kappa shape index (κ1) is 19.0. The number of rotatable bonds is 3. The van der Waals surface area contributed by atoms with Crippen molar-refractivity contribution in [2.75, 3.05) is 13.1 Å². The van der Waals surface area contributed by atoms with Crippen LogP contribution >= 0.6 is 11.6 Å². The van der Waals surface area contributed by atoms with Crippen molar-refractivity contribution in [2.45, 2.75) is 57.6 Å². The molecule has 0 radical (unpaired) electrons. The maximum absolute atomic E-state index is 12.7. The standard InChI is InChI=1S/C20H27ClN2O3/c1-20(2,3)26-19(25)22-15-7-9-23(10-8-15)18(24)17-12-16(17)13-5-4-6-14(21)11-13/h4-6,11,15-17H,7-10,12H2,1-3H3,(H,22,25)/t16-,17+/m0/s1. The number of hydrogen-bond donors (Lipinski definition) is 1. The van der Waals surface area contributed by atoms with Crippen LogP contribution in [0.3, 0.4) is 0 Å². The fraction of sp³-hybridized carbons (Fsp3) is 0.600. The lowest BCUT2D eigenvalue weighted by molar-refractivity contribution is -0.133. The van der Waals surface area contributed by atoms with Crippen LogP contribution in [0.1, 0.15) is 51.5 Å². The average Bonchev–Trinajstić information content (AvgIpc) is 3.34. The van der Waals surface area contributed by atoms with E-state index in [1.165, 1.54) is 0 Å². The van der Waals surface area contributed by atoms with E-state index in [1.807, 2.05) is 49.9 Å². The van der Waals surface area contributed by atoms with Crippen LogP contribution in [0, 0.1) is 5.92 Å². The van der Waals surface area contributed by atoms with Crippen molar-refractivity contribution >= 4 is 23.6 Å². The highest BCUT2D eigenvalue weighted by atomic mass is 35.5. The Morgan fingerprint density at radius 1 is 1.23 bits per heavy atom. The van der Waals surface area contributed by atoms with E-state index in [1.54, 1.807) is 0 Å². The average molecular weight is 379 g/mol. The van der Waals surface area contributed by atoms with Gasteiger partial charge >= 0.3 is 6.09 Å². The Labute approximate surface area is 160 Å².